The molecule has 1 aromatic heterocycles. The van der Waals surface area contributed by atoms with Crippen LogP contribution in [0.25, 0.3) is 42.4 Å². The van der Waals surface area contributed by atoms with E-state index in [4.69, 9.17) is 0 Å². The number of hydrogen-bond acceptors (Lipinski definition) is 2. The molecule has 2 spiro atoms. The van der Waals surface area contributed by atoms with Gasteiger partial charge in [0.2, 0.25) is 0 Å². The topological polar surface area (TPSA) is 3.24 Å². The summed E-state index contributed by atoms with van der Waals surface area (Å²) in [5, 5.41) is 2.72. The molecule has 4 bridgehead atoms. The van der Waals surface area contributed by atoms with E-state index < -0.39 is 0 Å². The Balaban J connectivity index is 1.08. The van der Waals surface area contributed by atoms with Gasteiger partial charge in [0, 0.05) is 47.9 Å². The van der Waals surface area contributed by atoms with E-state index in [0.29, 0.717) is 0 Å². The maximum atomic E-state index is 2.70. The van der Waals surface area contributed by atoms with Crippen molar-refractivity contribution in [1.82, 2.24) is 0 Å². The van der Waals surface area contributed by atoms with Crippen LogP contribution in [0.2, 0.25) is 0 Å². The van der Waals surface area contributed by atoms with E-state index in [2.05, 4.69) is 132 Å². The third-order valence-electron chi connectivity index (χ3n) is 15.6. The molecule has 54 heavy (non-hydrogen) atoms. The number of hydrogen-bond donors (Lipinski definition) is 0. The Morgan fingerprint density at radius 2 is 1.13 bits per heavy atom. The molecule has 0 unspecified atom stereocenters. The molecule has 1 heterocycles. The lowest BCUT2D eigenvalue weighted by atomic mass is 9.43. The van der Waals surface area contributed by atoms with Crippen LogP contribution in [-0.2, 0) is 10.8 Å². The predicted octanol–water partition coefficient (Wildman–Crippen LogP) is 14.5. The van der Waals surface area contributed by atoms with Crippen molar-refractivity contribution in [1.29, 1.82) is 0 Å². The fourth-order valence-corrected chi connectivity index (χ4v) is 15.0. The van der Waals surface area contributed by atoms with Crippen LogP contribution in [0.15, 0.2) is 127 Å². The van der Waals surface area contributed by atoms with Crippen LogP contribution in [0, 0.1) is 23.7 Å². The van der Waals surface area contributed by atoms with Gasteiger partial charge < -0.3 is 4.90 Å². The lowest BCUT2D eigenvalue weighted by Gasteiger charge is -2.61. The largest absolute Gasteiger partial charge is 0.310 e. The van der Waals surface area contributed by atoms with Crippen molar-refractivity contribution in [3.8, 4) is 22.3 Å². The van der Waals surface area contributed by atoms with Gasteiger partial charge in [-0.25, -0.2) is 0 Å². The van der Waals surface area contributed by atoms with E-state index in [9.17, 15) is 0 Å². The van der Waals surface area contributed by atoms with Crippen molar-refractivity contribution in [3.63, 3.8) is 0 Å². The van der Waals surface area contributed by atoms with E-state index in [1.807, 2.05) is 11.3 Å². The minimum Gasteiger partial charge on any atom is -0.310 e. The van der Waals surface area contributed by atoms with Crippen LogP contribution in [0.3, 0.4) is 0 Å². The fourth-order valence-electron chi connectivity index (χ4n) is 13.9. The van der Waals surface area contributed by atoms with Gasteiger partial charge in [-0.15, -0.1) is 11.3 Å². The van der Waals surface area contributed by atoms with E-state index in [1.54, 1.807) is 22.3 Å². The summed E-state index contributed by atoms with van der Waals surface area (Å²) >= 11 is 1.92. The first kappa shape index (κ1) is 30.6. The Hall–Kier alpha value is -4.66. The molecular weight excluding hydrogens is 671 g/mol. The highest BCUT2D eigenvalue weighted by atomic mass is 32.1. The van der Waals surface area contributed by atoms with Gasteiger partial charge in [0.05, 0.1) is 5.69 Å². The lowest BCUT2D eigenvalue weighted by Crippen LogP contribution is -2.55. The number of nitrogens with zero attached hydrogens (tertiary/aromatic N) is 1. The first-order chi connectivity index (χ1) is 26.7. The van der Waals surface area contributed by atoms with Crippen molar-refractivity contribution in [2.75, 3.05) is 4.90 Å². The Bertz CT molecular complexity index is 2660. The molecule has 7 aliphatic rings. The average molecular weight is 716 g/mol. The standard InChI is InChI=1S/C52H45NS/c1-8-23-51(24-9-1)43-14-5-3-13-41(43)50-45(51)16-10-17-47(50)53(36-20-22-49-42(30-36)40-12-4-7-18-48(40)54-49)37-19-21-39-38-11-2-6-15-44(38)52(46(39)31-37)34-26-32-25-33(28-34)29-35(52)27-32/h2-7,10-22,30-35H,1,8-9,23-29H2. The summed E-state index contributed by atoms with van der Waals surface area (Å²) in [5.74, 6) is 3.35. The predicted molar refractivity (Wildman–Crippen MR) is 227 cm³/mol. The first-order valence-corrected chi connectivity index (χ1v) is 21.7. The SMILES string of the molecule is c1ccc2c(c1)-c1c(N(c3ccc4c(c3)C3(c5ccccc5-4)C4CC5CC(C4)CC3C5)c3ccc4sc5ccccc5c4c3)cccc1C21CCCCC1. The van der Waals surface area contributed by atoms with Crippen LogP contribution >= 0.6 is 11.3 Å². The summed E-state index contributed by atoms with van der Waals surface area (Å²) in [6.45, 7) is 0. The maximum absolute atomic E-state index is 2.70. The van der Waals surface area contributed by atoms with Gasteiger partial charge in [0.1, 0.15) is 0 Å². The quantitative estimate of drug-likeness (QED) is 0.176. The molecule has 0 radical (unpaired) electrons. The summed E-state index contributed by atoms with van der Waals surface area (Å²) in [5.41, 5.74) is 16.4. The zero-order chi connectivity index (χ0) is 35.2. The van der Waals surface area contributed by atoms with Crippen LogP contribution in [0.1, 0.15) is 86.5 Å². The van der Waals surface area contributed by atoms with Gasteiger partial charge >= 0.3 is 0 Å². The molecule has 0 atom stereocenters. The van der Waals surface area contributed by atoms with E-state index in [-0.39, 0.29) is 10.8 Å². The highest BCUT2D eigenvalue weighted by Gasteiger charge is 2.61. The monoisotopic (exact) mass is 715 g/mol. The minimum absolute atomic E-state index is 0.114. The van der Waals surface area contributed by atoms with Gasteiger partial charge in [0.15, 0.2) is 0 Å². The van der Waals surface area contributed by atoms with Gasteiger partial charge in [-0.1, -0.05) is 104 Å². The molecule has 6 aromatic carbocycles. The molecule has 7 aromatic rings. The van der Waals surface area contributed by atoms with Crippen LogP contribution < -0.4 is 4.90 Å². The van der Waals surface area contributed by atoms with Crippen molar-refractivity contribution >= 4 is 48.6 Å². The number of rotatable bonds is 3. The molecule has 1 nitrogen and oxygen atoms in total. The average Bonchev–Trinajstić information content (AvgIpc) is 3.82. The highest BCUT2D eigenvalue weighted by Crippen LogP contribution is 2.70. The Morgan fingerprint density at radius 3 is 1.96 bits per heavy atom. The normalized spacial score (nSPS) is 26.4. The molecule has 7 aliphatic carbocycles. The summed E-state index contributed by atoms with van der Waals surface area (Å²) in [6.07, 6.45) is 13.6. The second-order valence-corrected chi connectivity index (χ2v) is 19.0. The van der Waals surface area contributed by atoms with Crippen molar-refractivity contribution in [2.45, 2.75) is 75.0 Å². The molecule has 0 saturated heterocycles. The fraction of sp³-hybridized carbons (Fsp3) is 0.308. The zero-order valence-corrected chi connectivity index (χ0v) is 31.7. The second kappa shape index (κ2) is 11.0. The Kier molecular flexibility index (Phi) is 6.23. The highest BCUT2D eigenvalue weighted by molar-refractivity contribution is 7.25. The summed E-state index contributed by atoms with van der Waals surface area (Å²) in [6, 6.07) is 50.3. The maximum Gasteiger partial charge on any atom is 0.0543 e. The Morgan fingerprint density at radius 1 is 0.481 bits per heavy atom. The summed E-state index contributed by atoms with van der Waals surface area (Å²) in [4.78, 5) is 2.68. The summed E-state index contributed by atoms with van der Waals surface area (Å²) in [7, 11) is 0. The third kappa shape index (κ3) is 3.86. The molecule has 0 aliphatic heterocycles. The third-order valence-corrected chi connectivity index (χ3v) is 16.8. The summed E-state index contributed by atoms with van der Waals surface area (Å²) < 4.78 is 2.73. The number of benzene rings is 6. The van der Waals surface area contributed by atoms with Gasteiger partial charge in [-0.2, -0.15) is 0 Å². The molecule has 2 heteroatoms. The van der Waals surface area contributed by atoms with E-state index in [1.165, 1.54) is 124 Å². The molecular formula is C52H45NS. The molecule has 5 fully saturated rings. The molecule has 0 amide bonds. The Labute approximate surface area is 322 Å². The first-order valence-electron chi connectivity index (χ1n) is 20.9. The zero-order valence-electron chi connectivity index (χ0n) is 30.9. The minimum atomic E-state index is 0.114. The smallest absolute Gasteiger partial charge is 0.0543 e. The number of thiophene rings is 1. The van der Waals surface area contributed by atoms with Crippen LogP contribution in [0.4, 0.5) is 17.1 Å². The van der Waals surface area contributed by atoms with Gasteiger partial charge in [-0.05, 0) is 150 Å². The number of anilines is 3. The molecule has 5 saturated carbocycles. The second-order valence-electron chi connectivity index (χ2n) is 18.0. The van der Waals surface area contributed by atoms with Crippen molar-refractivity contribution < 1.29 is 0 Å². The lowest BCUT2D eigenvalue weighted by molar-refractivity contribution is -0.0399. The molecule has 0 N–H and O–H groups in total. The number of fused-ring (bicyclic) bond motifs is 11. The molecule has 14 rings (SSSR count). The van der Waals surface area contributed by atoms with Crippen LogP contribution in [0.5, 0.6) is 0 Å². The van der Waals surface area contributed by atoms with Crippen molar-refractivity contribution in [2.24, 2.45) is 23.7 Å². The van der Waals surface area contributed by atoms with Gasteiger partial charge in [-0.3, -0.25) is 0 Å². The van der Waals surface area contributed by atoms with E-state index in [0.717, 1.165) is 23.7 Å². The van der Waals surface area contributed by atoms with Crippen LogP contribution in [-0.4, -0.2) is 0 Å². The van der Waals surface area contributed by atoms with E-state index >= 15 is 0 Å². The molecule has 264 valence electrons. The van der Waals surface area contributed by atoms with Crippen molar-refractivity contribution in [3.05, 3.63) is 150 Å². The van der Waals surface area contributed by atoms with Gasteiger partial charge in [0.25, 0.3) is 0 Å².